The second-order valence-electron chi connectivity index (χ2n) is 5.02. The van der Waals surface area contributed by atoms with E-state index >= 15 is 0 Å². The van der Waals surface area contributed by atoms with Gasteiger partial charge in [-0.1, -0.05) is 35.5 Å². The molecular formula is C15H14ClFN4OS. The summed E-state index contributed by atoms with van der Waals surface area (Å²) in [6.07, 6.45) is 0. The van der Waals surface area contributed by atoms with Crippen LogP contribution in [-0.4, -0.2) is 33.2 Å². The molecule has 1 amide bonds. The van der Waals surface area contributed by atoms with Gasteiger partial charge in [-0.2, -0.15) is 5.10 Å². The summed E-state index contributed by atoms with van der Waals surface area (Å²) in [5, 5.41) is 7.92. The number of aliphatic imine (C=N–C) groups is 1. The Morgan fingerprint density at radius 1 is 1.43 bits per heavy atom. The molecule has 1 aromatic carbocycles. The number of hydrogen-bond acceptors (Lipinski definition) is 4. The summed E-state index contributed by atoms with van der Waals surface area (Å²) in [5.74, 6) is 0.254. The van der Waals surface area contributed by atoms with E-state index in [1.165, 1.54) is 28.6 Å². The summed E-state index contributed by atoms with van der Waals surface area (Å²) in [4.78, 5) is 16.5. The Morgan fingerprint density at radius 2 is 2.17 bits per heavy atom. The van der Waals surface area contributed by atoms with Gasteiger partial charge in [-0.05, 0) is 24.6 Å². The number of carbonyl (C=O) groups is 1. The lowest BCUT2D eigenvalue weighted by Crippen LogP contribution is -2.27. The number of nitrogens with zero attached hydrogens (tertiary/aromatic N) is 3. The van der Waals surface area contributed by atoms with Crippen molar-refractivity contribution in [2.75, 3.05) is 12.3 Å². The highest BCUT2D eigenvalue weighted by atomic mass is 35.5. The highest BCUT2D eigenvalue weighted by Gasteiger charge is 2.22. The quantitative estimate of drug-likeness (QED) is 0.924. The minimum Gasteiger partial charge on any atom is -0.301 e. The van der Waals surface area contributed by atoms with Crippen LogP contribution in [0, 0.1) is 12.7 Å². The average molecular weight is 353 g/mol. The number of amides is 1. The molecule has 5 nitrogen and oxygen atoms in total. The van der Waals surface area contributed by atoms with Crippen LogP contribution in [0.5, 0.6) is 0 Å². The van der Waals surface area contributed by atoms with Gasteiger partial charge in [0.25, 0.3) is 5.91 Å². The Bertz CT molecular complexity index is 773. The van der Waals surface area contributed by atoms with Crippen LogP contribution in [-0.2, 0) is 6.54 Å². The molecule has 0 atom stereocenters. The van der Waals surface area contributed by atoms with E-state index in [1.54, 1.807) is 19.1 Å². The highest BCUT2D eigenvalue weighted by Crippen LogP contribution is 2.21. The van der Waals surface area contributed by atoms with Crippen LogP contribution >= 0.6 is 23.4 Å². The van der Waals surface area contributed by atoms with Gasteiger partial charge in [-0.25, -0.2) is 9.07 Å². The van der Waals surface area contributed by atoms with Crippen molar-refractivity contribution in [3.63, 3.8) is 0 Å². The molecule has 3 rings (SSSR count). The summed E-state index contributed by atoms with van der Waals surface area (Å²) in [5.41, 5.74) is 1.72. The van der Waals surface area contributed by atoms with Gasteiger partial charge in [0.15, 0.2) is 5.17 Å². The van der Waals surface area contributed by atoms with E-state index in [9.17, 15) is 9.18 Å². The SMILES string of the molecule is Cc1nn(Cc2ccc(F)cc2)c(Cl)c1C(=O)NC1=NCCS1. The predicted molar refractivity (Wildman–Crippen MR) is 89.7 cm³/mol. The molecule has 1 aliphatic heterocycles. The monoisotopic (exact) mass is 352 g/mol. The molecule has 1 aromatic heterocycles. The highest BCUT2D eigenvalue weighted by molar-refractivity contribution is 8.14. The Kier molecular flexibility index (Phi) is 4.68. The van der Waals surface area contributed by atoms with Crippen molar-refractivity contribution in [1.29, 1.82) is 0 Å². The molecule has 0 saturated heterocycles. The fourth-order valence-corrected chi connectivity index (χ4v) is 3.29. The number of hydrogen-bond donors (Lipinski definition) is 1. The number of aryl methyl sites for hydroxylation is 1. The maximum Gasteiger partial charge on any atom is 0.262 e. The number of amidine groups is 1. The smallest absolute Gasteiger partial charge is 0.262 e. The number of benzene rings is 1. The van der Waals surface area contributed by atoms with Crippen molar-refractivity contribution in [1.82, 2.24) is 15.1 Å². The van der Waals surface area contributed by atoms with Gasteiger partial charge in [-0.15, -0.1) is 0 Å². The Balaban J connectivity index is 1.81. The predicted octanol–water partition coefficient (Wildman–Crippen LogP) is 2.86. The van der Waals surface area contributed by atoms with E-state index in [0.717, 1.165) is 11.3 Å². The fraction of sp³-hybridized carbons (Fsp3) is 0.267. The standard InChI is InChI=1S/C15H14ClFN4OS/c1-9-12(14(22)19-15-18-6-7-23-15)13(16)21(20-9)8-10-2-4-11(17)5-3-10/h2-5H,6-8H2,1H3,(H,18,19,22). The maximum absolute atomic E-state index is 13.0. The number of aromatic nitrogens is 2. The van der Waals surface area contributed by atoms with Gasteiger partial charge in [0.1, 0.15) is 11.0 Å². The Labute approximate surface area is 141 Å². The first-order valence-electron chi connectivity index (χ1n) is 7.00. The molecule has 120 valence electrons. The van der Waals surface area contributed by atoms with Crippen LogP contribution in [0.2, 0.25) is 5.15 Å². The molecule has 2 aromatic rings. The minimum atomic E-state index is -0.314. The molecule has 0 unspecified atom stereocenters. The molecular weight excluding hydrogens is 339 g/mol. The summed E-state index contributed by atoms with van der Waals surface area (Å²) < 4.78 is 14.5. The third kappa shape index (κ3) is 3.56. The van der Waals surface area contributed by atoms with Crippen LogP contribution in [0.4, 0.5) is 4.39 Å². The van der Waals surface area contributed by atoms with Crippen LogP contribution in [0.1, 0.15) is 21.6 Å². The minimum absolute atomic E-state index is 0.257. The van der Waals surface area contributed by atoms with E-state index in [-0.39, 0.29) is 16.9 Å². The second kappa shape index (κ2) is 6.72. The molecule has 23 heavy (non-hydrogen) atoms. The number of carbonyl (C=O) groups excluding carboxylic acids is 1. The molecule has 0 spiro atoms. The van der Waals surface area contributed by atoms with Crippen LogP contribution in [0.15, 0.2) is 29.3 Å². The van der Waals surface area contributed by atoms with Gasteiger partial charge in [0.05, 0.1) is 24.3 Å². The maximum atomic E-state index is 13.0. The number of rotatable bonds is 3. The van der Waals surface area contributed by atoms with E-state index in [0.29, 0.717) is 29.5 Å². The van der Waals surface area contributed by atoms with Gasteiger partial charge in [0, 0.05) is 5.75 Å². The number of halogens is 2. The van der Waals surface area contributed by atoms with E-state index < -0.39 is 0 Å². The normalized spacial score (nSPS) is 14.0. The van der Waals surface area contributed by atoms with Crippen molar-refractivity contribution in [2.45, 2.75) is 13.5 Å². The lowest BCUT2D eigenvalue weighted by atomic mass is 10.2. The first kappa shape index (κ1) is 16.0. The number of nitrogens with one attached hydrogen (secondary N) is 1. The first-order chi connectivity index (χ1) is 11.0. The molecule has 0 fully saturated rings. The van der Waals surface area contributed by atoms with Crippen molar-refractivity contribution < 1.29 is 9.18 Å². The Morgan fingerprint density at radius 3 is 2.83 bits per heavy atom. The van der Waals surface area contributed by atoms with Gasteiger partial charge in [-0.3, -0.25) is 9.79 Å². The second-order valence-corrected chi connectivity index (χ2v) is 6.47. The van der Waals surface area contributed by atoms with Gasteiger partial charge < -0.3 is 5.32 Å². The number of thioether (sulfide) groups is 1. The molecule has 0 aliphatic carbocycles. The van der Waals surface area contributed by atoms with E-state index in [1.807, 2.05) is 0 Å². The summed E-state index contributed by atoms with van der Waals surface area (Å²) >= 11 is 7.81. The van der Waals surface area contributed by atoms with Crippen LogP contribution < -0.4 is 5.32 Å². The third-order valence-electron chi connectivity index (χ3n) is 3.34. The molecule has 1 N–H and O–H groups in total. The van der Waals surface area contributed by atoms with Crippen molar-refractivity contribution in [3.05, 3.63) is 52.1 Å². The largest absolute Gasteiger partial charge is 0.301 e. The molecule has 2 heterocycles. The topological polar surface area (TPSA) is 59.3 Å². The molecule has 0 saturated carbocycles. The van der Waals surface area contributed by atoms with Gasteiger partial charge in [0.2, 0.25) is 0 Å². The first-order valence-corrected chi connectivity index (χ1v) is 8.37. The molecule has 0 radical (unpaired) electrons. The van der Waals surface area contributed by atoms with E-state index in [4.69, 9.17) is 11.6 Å². The summed E-state index contributed by atoms with van der Waals surface area (Å²) in [6, 6.07) is 6.07. The molecule has 0 bridgehead atoms. The average Bonchev–Trinajstić information content (AvgIpc) is 3.10. The summed E-state index contributed by atoms with van der Waals surface area (Å²) in [6.45, 7) is 2.80. The van der Waals surface area contributed by atoms with Crippen LogP contribution in [0.25, 0.3) is 0 Å². The zero-order valence-corrected chi connectivity index (χ0v) is 13.9. The molecule has 1 aliphatic rings. The zero-order chi connectivity index (χ0) is 16.4. The van der Waals surface area contributed by atoms with Crippen LogP contribution in [0.3, 0.4) is 0 Å². The third-order valence-corrected chi connectivity index (χ3v) is 4.62. The fourth-order valence-electron chi connectivity index (χ4n) is 2.25. The van der Waals surface area contributed by atoms with Crippen molar-refractivity contribution >= 4 is 34.4 Å². The van der Waals surface area contributed by atoms with Gasteiger partial charge >= 0.3 is 0 Å². The lowest BCUT2D eigenvalue weighted by Gasteiger charge is -2.05. The molecule has 8 heteroatoms. The summed E-state index contributed by atoms with van der Waals surface area (Å²) in [7, 11) is 0. The lowest BCUT2D eigenvalue weighted by molar-refractivity contribution is 0.0977. The Hall–Kier alpha value is -1.86. The van der Waals surface area contributed by atoms with E-state index in [2.05, 4.69) is 15.4 Å². The van der Waals surface area contributed by atoms with Crippen molar-refractivity contribution in [2.24, 2.45) is 4.99 Å². The zero-order valence-electron chi connectivity index (χ0n) is 12.3. The van der Waals surface area contributed by atoms with Crippen molar-refractivity contribution in [3.8, 4) is 0 Å².